The van der Waals surface area contributed by atoms with Crippen molar-refractivity contribution in [1.29, 1.82) is 0 Å². The van der Waals surface area contributed by atoms with Crippen LogP contribution in [0.2, 0.25) is 0 Å². The summed E-state index contributed by atoms with van der Waals surface area (Å²) in [7, 11) is -3.55. The van der Waals surface area contributed by atoms with Crippen LogP contribution in [-0.4, -0.2) is 42.6 Å². The van der Waals surface area contributed by atoms with Crippen LogP contribution < -0.4 is 0 Å². The lowest BCUT2D eigenvalue weighted by molar-refractivity contribution is -0.143. The molecule has 1 unspecified atom stereocenters. The largest absolute Gasteiger partial charge is 0.480 e. The van der Waals surface area contributed by atoms with Crippen molar-refractivity contribution in [3.05, 3.63) is 29.3 Å². The van der Waals surface area contributed by atoms with Crippen LogP contribution in [0.15, 0.2) is 23.1 Å². The van der Waals surface area contributed by atoms with E-state index in [1.165, 1.54) is 17.4 Å². The molecule has 2 aliphatic rings. The summed E-state index contributed by atoms with van der Waals surface area (Å²) in [5, 5.41) is 9.68. The van der Waals surface area contributed by atoms with Crippen molar-refractivity contribution in [1.82, 2.24) is 4.90 Å². The first-order valence-electron chi connectivity index (χ1n) is 8.64. The summed E-state index contributed by atoms with van der Waals surface area (Å²) in [6.45, 7) is 0.154. The Morgan fingerprint density at radius 2 is 1.96 bits per heavy atom. The van der Waals surface area contributed by atoms with Gasteiger partial charge in [-0.15, -0.1) is 0 Å². The van der Waals surface area contributed by atoms with Crippen LogP contribution in [-0.2, 0) is 21.2 Å². The van der Waals surface area contributed by atoms with Gasteiger partial charge in [-0.2, -0.15) is 0 Å². The number of hydrogen-bond donors (Lipinski definition) is 1. The van der Waals surface area contributed by atoms with Crippen LogP contribution >= 0.6 is 0 Å². The number of amides is 1. The van der Waals surface area contributed by atoms with Gasteiger partial charge in [0.05, 0.1) is 10.5 Å². The second-order valence-corrected chi connectivity index (χ2v) is 9.07. The van der Waals surface area contributed by atoms with Gasteiger partial charge in [-0.25, -0.2) is 13.2 Å². The fourth-order valence-electron chi connectivity index (χ4n) is 4.01. The molecule has 1 heterocycles. The van der Waals surface area contributed by atoms with Gasteiger partial charge in [0.1, 0.15) is 6.04 Å². The van der Waals surface area contributed by atoms with Crippen molar-refractivity contribution in [2.24, 2.45) is 5.92 Å². The molecule has 1 atom stereocenters. The van der Waals surface area contributed by atoms with E-state index in [9.17, 15) is 23.1 Å². The average molecular weight is 365 g/mol. The van der Waals surface area contributed by atoms with E-state index in [2.05, 4.69) is 0 Å². The van der Waals surface area contributed by atoms with E-state index in [4.69, 9.17) is 0 Å². The summed E-state index contributed by atoms with van der Waals surface area (Å²) >= 11 is 0. The van der Waals surface area contributed by atoms with Crippen LogP contribution in [0.25, 0.3) is 0 Å². The Kier molecular flexibility index (Phi) is 4.86. The standard InChI is InChI=1S/C18H23NO5S/c1-25(23,24)15-9-5-8-13-11-19(17(20)16(13)15)14(18(21)22)10-12-6-3-2-4-7-12/h5,8-9,12,14H,2-4,6-7,10-11H2,1H3,(H,21,22). The highest BCUT2D eigenvalue weighted by Crippen LogP contribution is 2.34. The molecule has 1 N–H and O–H groups in total. The van der Waals surface area contributed by atoms with Crippen LogP contribution in [0.3, 0.4) is 0 Å². The number of rotatable bonds is 5. The molecule has 1 saturated carbocycles. The number of nitrogens with zero attached hydrogens (tertiary/aromatic N) is 1. The molecule has 0 saturated heterocycles. The van der Waals surface area contributed by atoms with Crippen LogP contribution in [0.4, 0.5) is 0 Å². The quantitative estimate of drug-likeness (QED) is 0.865. The highest BCUT2D eigenvalue weighted by atomic mass is 32.2. The Morgan fingerprint density at radius 1 is 1.28 bits per heavy atom. The van der Waals surface area contributed by atoms with E-state index in [-0.39, 0.29) is 17.0 Å². The second-order valence-electron chi connectivity index (χ2n) is 7.09. The lowest BCUT2D eigenvalue weighted by Gasteiger charge is -2.29. The molecule has 136 valence electrons. The number of aliphatic carboxylic acids is 1. The van der Waals surface area contributed by atoms with Gasteiger partial charge < -0.3 is 10.0 Å². The number of benzene rings is 1. The molecule has 1 fully saturated rings. The zero-order valence-electron chi connectivity index (χ0n) is 14.3. The van der Waals surface area contributed by atoms with E-state index in [1.54, 1.807) is 12.1 Å². The Labute approximate surface area is 147 Å². The minimum atomic E-state index is -3.55. The first-order valence-corrected chi connectivity index (χ1v) is 10.5. The highest BCUT2D eigenvalue weighted by molar-refractivity contribution is 7.90. The van der Waals surface area contributed by atoms with Gasteiger partial charge in [0.2, 0.25) is 0 Å². The molecule has 0 bridgehead atoms. The molecule has 1 aromatic carbocycles. The molecular weight excluding hydrogens is 342 g/mol. The summed E-state index contributed by atoms with van der Waals surface area (Å²) in [5.74, 6) is -1.20. The molecule has 0 spiro atoms. The number of sulfone groups is 1. The van der Waals surface area contributed by atoms with Gasteiger partial charge in [0.15, 0.2) is 9.84 Å². The minimum Gasteiger partial charge on any atom is -0.480 e. The van der Waals surface area contributed by atoms with Crippen molar-refractivity contribution in [2.75, 3.05) is 6.26 Å². The molecule has 25 heavy (non-hydrogen) atoms. The average Bonchev–Trinajstić information content (AvgIpc) is 2.89. The molecule has 1 aliphatic carbocycles. The number of fused-ring (bicyclic) bond motifs is 1. The number of carboxylic acids is 1. The van der Waals surface area contributed by atoms with Gasteiger partial charge in [-0.1, -0.05) is 44.2 Å². The molecular formula is C18H23NO5S. The Balaban J connectivity index is 1.89. The minimum absolute atomic E-state index is 0.0145. The Morgan fingerprint density at radius 3 is 2.56 bits per heavy atom. The fraction of sp³-hybridized carbons (Fsp3) is 0.556. The Bertz CT molecular complexity index is 796. The second kappa shape index (κ2) is 6.78. The SMILES string of the molecule is CS(=O)(=O)c1cccc2c1C(=O)N(C(CC1CCCCC1)C(=O)O)C2. The number of carbonyl (C=O) groups is 2. The van der Waals surface area contributed by atoms with E-state index >= 15 is 0 Å². The van der Waals surface area contributed by atoms with E-state index in [0.29, 0.717) is 17.9 Å². The monoisotopic (exact) mass is 365 g/mol. The molecule has 1 amide bonds. The zero-order chi connectivity index (χ0) is 18.2. The lowest BCUT2D eigenvalue weighted by atomic mass is 9.84. The maximum Gasteiger partial charge on any atom is 0.326 e. The summed E-state index contributed by atoms with van der Waals surface area (Å²) < 4.78 is 24.0. The molecule has 0 radical (unpaired) electrons. The molecule has 6 nitrogen and oxygen atoms in total. The van der Waals surface area contributed by atoms with Crippen molar-refractivity contribution in [3.8, 4) is 0 Å². The zero-order valence-corrected chi connectivity index (χ0v) is 15.1. The molecule has 0 aromatic heterocycles. The normalized spacial score (nSPS) is 19.7. The van der Waals surface area contributed by atoms with E-state index in [0.717, 1.165) is 31.9 Å². The third kappa shape index (κ3) is 3.56. The maximum atomic E-state index is 12.8. The van der Waals surface area contributed by atoms with Crippen molar-refractivity contribution < 1.29 is 23.1 Å². The molecule has 1 aliphatic heterocycles. The number of hydrogen-bond acceptors (Lipinski definition) is 4. The smallest absolute Gasteiger partial charge is 0.326 e. The first-order chi connectivity index (χ1) is 11.8. The lowest BCUT2D eigenvalue weighted by Crippen LogP contribution is -2.43. The predicted octanol–water partition coefficient (Wildman–Crippen LogP) is 2.47. The topological polar surface area (TPSA) is 91.8 Å². The van der Waals surface area contributed by atoms with Crippen molar-refractivity contribution >= 4 is 21.7 Å². The third-order valence-electron chi connectivity index (χ3n) is 5.27. The first kappa shape index (κ1) is 17.9. The molecule has 7 heteroatoms. The Hall–Kier alpha value is -1.89. The van der Waals surface area contributed by atoms with E-state index in [1.807, 2.05) is 0 Å². The van der Waals surface area contributed by atoms with Gasteiger partial charge in [-0.05, 0) is 24.0 Å². The summed E-state index contributed by atoms with van der Waals surface area (Å²) in [6.07, 6.45) is 6.87. The predicted molar refractivity (Wildman–Crippen MR) is 92.0 cm³/mol. The summed E-state index contributed by atoms with van der Waals surface area (Å²) in [4.78, 5) is 26.0. The van der Waals surface area contributed by atoms with Gasteiger partial charge in [0.25, 0.3) is 5.91 Å². The van der Waals surface area contributed by atoms with E-state index < -0.39 is 27.8 Å². The maximum absolute atomic E-state index is 12.8. The summed E-state index contributed by atoms with van der Waals surface area (Å²) in [6, 6.07) is 3.80. The third-order valence-corrected chi connectivity index (χ3v) is 6.41. The van der Waals surface area contributed by atoms with Gasteiger partial charge >= 0.3 is 5.97 Å². The molecule has 3 rings (SSSR count). The number of carboxylic acid groups (broad SMARTS) is 1. The van der Waals surface area contributed by atoms with Crippen molar-refractivity contribution in [2.45, 2.75) is 56.0 Å². The van der Waals surface area contributed by atoms with Crippen LogP contribution in [0, 0.1) is 5.92 Å². The van der Waals surface area contributed by atoms with Crippen molar-refractivity contribution in [3.63, 3.8) is 0 Å². The summed E-state index contributed by atoms with van der Waals surface area (Å²) in [5.41, 5.74) is 0.725. The van der Waals surface area contributed by atoms with Crippen LogP contribution in [0.1, 0.15) is 54.4 Å². The van der Waals surface area contributed by atoms with Gasteiger partial charge in [-0.3, -0.25) is 4.79 Å². The highest BCUT2D eigenvalue weighted by Gasteiger charge is 2.40. The molecule has 1 aromatic rings. The number of carbonyl (C=O) groups excluding carboxylic acids is 1. The van der Waals surface area contributed by atoms with Crippen LogP contribution in [0.5, 0.6) is 0 Å². The fourth-order valence-corrected chi connectivity index (χ4v) is 4.93. The van der Waals surface area contributed by atoms with Gasteiger partial charge in [0, 0.05) is 12.8 Å².